The van der Waals surface area contributed by atoms with Crippen LogP contribution in [0.3, 0.4) is 0 Å². The minimum Gasteiger partial charge on any atom is -0.463 e. The number of esters is 1. The van der Waals surface area contributed by atoms with Crippen molar-refractivity contribution in [3.8, 4) is 0 Å². The van der Waals surface area contributed by atoms with Crippen molar-refractivity contribution in [1.29, 1.82) is 0 Å². The van der Waals surface area contributed by atoms with E-state index >= 15 is 0 Å². The van der Waals surface area contributed by atoms with Crippen LogP contribution in [0, 0.1) is 52.3 Å². The fourth-order valence-corrected chi connectivity index (χ4v) is 9.37. The van der Waals surface area contributed by atoms with Crippen molar-refractivity contribution in [1.82, 2.24) is 0 Å². The predicted octanol–water partition coefficient (Wildman–Crippen LogP) is 7.22. The van der Waals surface area contributed by atoms with E-state index in [2.05, 4.69) is 34.6 Å². The van der Waals surface area contributed by atoms with E-state index in [0.29, 0.717) is 23.0 Å². The van der Waals surface area contributed by atoms with Crippen molar-refractivity contribution in [2.24, 2.45) is 52.3 Å². The van der Waals surface area contributed by atoms with Crippen molar-refractivity contribution in [3.63, 3.8) is 0 Å². The minimum atomic E-state index is -0.201. The Kier molecular flexibility index (Phi) is 6.87. The fourth-order valence-electron chi connectivity index (χ4n) is 9.37. The van der Waals surface area contributed by atoms with Crippen LogP contribution < -0.4 is 0 Å². The van der Waals surface area contributed by atoms with Gasteiger partial charge in [-0.25, -0.2) is 0 Å². The van der Waals surface area contributed by atoms with Gasteiger partial charge in [0.25, 0.3) is 0 Å². The Morgan fingerprint density at radius 2 is 1.69 bits per heavy atom. The van der Waals surface area contributed by atoms with Gasteiger partial charge < -0.3 is 4.74 Å². The number of hydrogen-bond acceptors (Lipinski definition) is 3. The van der Waals surface area contributed by atoms with Crippen molar-refractivity contribution in [2.45, 2.75) is 118 Å². The molecule has 0 aliphatic heterocycles. The summed E-state index contributed by atoms with van der Waals surface area (Å²) in [4.78, 5) is 25.0. The third-order valence-corrected chi connectivity index (χ3v) is 10.9. The molecule has 182 valence electrons. The lowest BCUT2D eigenvalue weighted by Gasteiger charge is -2.60. The molecule has 0 aromatic rings. The van der Waals surface area contributed by atoms with Crippen molar-refractivity contribution in [3.05, 3.63) is 0 Å². The summed E-state index contributed by atoms with van der Waals surface area (Å²) in [6, 6.07) is 0. The van der Waals surface area contributed by atoms with E-state index in [1.54, 1.807) is 0 Å². The fraction of sp³-hybridized carbons (Fsp3) is 0.931. The molecule has 4 rings (SSSR count). The summed E-state index contributed by atoms with van der Waals surface area (Å²) < 4.78 is 5.55. The average molecular weight is 445 g/mol. The summed E-state index contributed by atoms with van der Waals surface area (Å²) in [5.41, 5.74) is 0.537. The Hall–Kier alpha value is -0.860. The number of ether oxygens (including phenoxy) is 1. The lowest BCUT2D eigenvalue weighted by Crippen LogP contribution is -2.57. The van der Waals surface area contributed by atoms with E-state index in [1.165, 1.54) is 51.9 Å². The second-order valence-electron chi connectivity index (χ2n) is 13.1. The summed E-state index contributed by atoms with van der Waals surface area (Å²) in [7, 11) is 0. The molecule has 0 N–H and O–H groups in total. The van der Waals surface area contributed by atoms with Gasteiger partial charge in [0.1, 0.15) is 11.9 Å². The summed E-state index contributed by atoms with van der Waals surface area (Å²) in [6.07, 6.45) is 12.9. The number of carbonyl (C=O) groups excluding carboxylic acids is 2. The van der Waals surface area contributed by atoms with Crippen molar-refractivity contribution >= 4 is 11.8 Å². The van der Waals surface area contributed by atoms with Crippen LogP contribution >= 0.6 is 0 Å². The van der Waals surface area contributed by atoms with Gasteiger partial charge >= 0.3 is 5.97 Å². The quantitative estimate of drug-likeness (QED) is 0.406. The molecular formula is C29H48O3. The number of rotatable bonds is 6. The van der Waals surface area contributed by atoms with E-state index < -0.39 is 0 Å². The summed E-state index contributed by atoms with van der Waals surface area (Å²) in [5, 5.41) is 0. The molecule has 0 spiro atoms. The summed E-state index contributed by atoms with van der Waals surface area (Å²) >= 11 is 0. The number of Topliss-reactive ketones (excluding diaryl/α,β-unsaturated/α-hetero) is 1. The molecule has 3 heteroatoms. The number of fused-ring (bicyclic) bond motifs is 5. The maximum Gasteiger partial charge on any atom is 0.302 e. The first-order valence-electron chi connectivity index (χ1n) is 13.8. The third kappa shape index (κ3) is 4.20. The van der Waals surface area contributed by atoms with Crippen LogP contribution in [0.5, 0.6) is 0 Å². The molecule has 9 atom stereocenters. The molecule has 32 heavy (non-hydrogen) atoms. The highest BCUT2D eigenvalue weighted by atomic mass is 16.5. The van der Waals surface area contributed by atoms with Gasteiger partial charge in [-0.2, -0.15) is 0 Å². The van der Waals surface area contributed by atoms with Crippen LogP contribution in [-0.2, 0) is 14.3 Å². The molecule has 0 aromatic heterocycles. The van der Waals surface area contributed by atoms with Crippen LogP contribution in [-0.4, -0.2) is 17.9 Å². The van der Waals surface area contributed by atoms with Gasteiger partial charge in [-0.15, -0.1) is 0 Å². The highest BCUT2D eigenvalue weighted by Gasteiger charge is 2.62. The van der Waals surface area contributed by atoms with Crippen LogP contribution in [0.25, 0.3) is 0 Å². The SMILES string of the molecule is CC(=O)O[C@H]1CC[C@@]2(C)[C@H](C1)C(=O)C[C@H]1[C@H]2CC[C@]2(C)[C@@H]1CC[C@H]2[C@@H](C)CCCC(C)C. The maximum atomic E-state index is 13.5. The zero-order valence-electron chi connectivity index (χ0n) is 21.6. The molecule has 0 radical (unpaired) electrons. The molecule has 0 saturated heterocycles. The lowest BCUT2D eigenvalue weighted by atomic mass is 9.44. The molecule has 0 amide bonds. The number of hydrogen-bond donors (Lipinski definition) is 0. The molecule has 4 saturated carbocycles. The Morgan fingerprint density at radius 3 is 2.38 bits per heavy atom. The van der Waals surface area contributed by atoms with Gasteiger partial charge in [0, 0.05) is 19.3 Å². The highest BCUT2D eigenvalue weighted by Crippen LogP contribution is 2.68. The Morgan fingerprint density at radius 1 is 1.00 bits per heavy atom. The molecule has 0 bridgehead atoms. The van der Waals surface area contributed by atoms with E-state index in [4.69, 9.17) is 4.74 Å². The van der Waals surface area contributed by atoms with Gasteiger partial charge in [-0.1, -0.05) is 53.9 Å². The monoisotopic (exact) mass is 444 g/mol. The molecule has 3 nitrogen and oxygen atoms in total. The topological polar surface area (TPSA) is 43.4 Å². The highest BCUT2D eigenvalue weighted by molar-refractivity contribution is 5.83. The van der Waals surface area contributed by atoms with Crippen LogP contribution in [0.4, 0.5) is 0 Å². The van der Waals surface area contributed by atoms with Gasteiger partial charge in [0.2, 0.25) is 0 Å². The minimum absolute atomic E-state index is 0.0533. The summed E-state index contributed by atoms with van der Waals surface area (Å²) in [5.74, 6) is 4.81. The molecule has 0 aromatic carbocycles. The zero-order valence-corrected chi connectivity index (χ0v) is 21.6. The standard InChI is InChI=1S/C29H48O3/c1-18(2)8-7-9-19(3)23-10-11-24-22-17-27(31)26-16-21(32-20(4)30)12-14-29(26,6)25(22)13-15-28(23,24)5/h18-19,21-26H,7-17H2,1-6H3/t19-,21-,22+,23-,24+,25+,26+,28-,29+/m0/s1. The predicted molar refractivity (Wildman–Crippen MR) is 129 cm³/mol. The molecule has 0 heterocycles. The normalized spacial score (nSPS) is 44.5. The van der Waals surface area contributed by atoms with Gasteiger partial charge in [-0.05, 0) is 91.3 Å². The second-order valence-corrected chi connectivity index (χ2v) is 13.1. The third-order valence-electron chi connectivity index (χ3n) is 10.9. The molecule has 0 unspecified atom stereocenters. The van der Waals surface area contributed by atoms with E-state index in [-0.39, 0.29) is 23.4 Å². The van der Waals surface area contributed by atoms with Crippen LogP contribution in [0.1, 0.15) is 112 Å². The molecular weight excluding hydrogens is 396 g/mol. The first-order valence-corrected chi connectivity index (χ1v) is 13.8. The Balaban J connectivity index is 1.48. The first kappa shape index (κ1) is 24.3. The zero-order chi connectivity index (χ0) is 23.3. The van der Waals surface area contributed by atoms with Gasteiger partial charge in [0.05, 0.1) is 0 Å². The van der Waals surface area contributed by atoms with E-state index in [0.717, 1.165) is 49.4 Å². The van der Waals surface area contributed by atoms with E-state index in [1.807, 2.05) is 0 Å². The average Bonchev–Trinajstić information content (AvgIpc) is 3.06. The Bertz CT molecular complexity index is 713. The van der Waals surface area contributed by atoms with Crippen LogP contribution in [0.2, 0.25) is 0 Å². The van der Waals surface area contributed by atoms with Gasteiger partial charge in [0.15, 0.2) is 0 Å². The number of ketones is 1. The second kappa shape index (κ2) is 9.06. The lowest BCUT2D eigenvalue weighted by molar-refractivity contribution is -0.169. The maximum absolute atomic E-state index is 13.5. The number of carbonyl (C=O) groups is 2. The summed E-state index contributed by atoms with van der Waals surface area (Å²) in [6.45, 7) is 13.7. The van der Waals surface area contributed by atoms with Crippen molar-refractivity contribution < 1.29 is 14.3 Å². The van der Waals surface area contributed by atoms with Crippen molar-refractivity contribution in [2.75, 3.05) is 0 Å². The largest absolute Gasteiger partial charge is 0.463 e. The molecule has 4 aliphatic carbocycles. The first-order chi connectivity index (χ1) is 15.1. The Labute approximate surface area is 196 Å². The van der Waals surface area contributed by atoms with Crippen LogP contribution in [0.15, 0.2) is 0 Å². The van der Waals surface area contributed by atoms with Gasteiger partial charge in [-0.3, -0.25) is 9.59 Å². The smallest absolute Gasteiger partial charge is 0.302 e. The van der Waals surface area contributed by atoms with E-state index in [9.17, 15) is 9.59 Å². The molecule has 4 fully saturated rings. The molecule has 4 aliphatic rings.